The van der Waals surface area contributed by atoms with Gasteiger partial charge in [-0.15, -0.1) is 0 Å². The number of carbonyl (C=O) groups is 2. The predicted octanol–water partition coefficient (Wildman–Crippen LogP) is 2.54. The lowest BCUT2D eigenvalue weighted by Crippen LogP contribution is -2.09. The lowest BCUT2D eigenvalue weighted by atomic mass is 10.3. The summed E-state index contributed by atoms with van der Waals surface area (Å²) in [6, 6.07) is 0. The average molecular weight is 246 g/mol. The third-order valence-corrected chi connectivity index (χ3v) is 2.50. The number of carbonyl (C=O) groups excluding carboxylic acids is 2. The summed E-state index contributed by atoms with van der Waals surface area (Å²) in [6.45, 7) is 0. The fraction of sp³-hybridized carbons (Fsp3) is 0.286. The number of hydrogen-bond donors (Lipinski definition) is 0. The summed E-state index contributed by atoms with van der Waals surface area (Å²) in [6.07, 6.45) is 12.3. The topological polar surface area (TPSA) is 52.6 Å². The van der Waals surface area contributed by atoms with Gasteiger partial charge in [0.15, 0.2) is 0 Å². The second kappa shape index (κ2) is 6.00. The first-order valence-corrected chi connectivity index (χ1v) is 5.87. The first kappa shape index (κ1) is 12.4. The maximum Gasteiger partial charge on any atom is 0.311 e. The van der Waals surface area contributed by atoms with Crippen molar-refractivity contribution in [1.29, 1.82) is 0 Å². The zero-order valence-electron chi connectivity index (χ0n) is 9.93. The van der Waals surface area contributed by atoms with Crippen LogP contribution in [0.1, 0.15) is 25.7 Å². The minimum Gasteiger partial charge on any atom is -0.431 e. The molecule has 0 radical (unpaired) electrons. The van der Waals surface area contributed by atoms with Gasteiger partial charge in [0.05, 0.1) is 12.8 Å². The van der Waals surface area contributed by atoms with E-state index in [2.05, 4.69) is 0 Å². The van der Waals surface area contributed by atoms with E-state index in [1.165, 1.54) is 0 Å². The standard InChI is InChI=1S/C14H14O4/c15-13(17-11-5-1-2-6-11)9-10-14(16)18-12-7-3-4-8-12/h1-5,7H,6,8-10H2. The van der Waals surface area contributed by atoms with Crippen LogP contribution in [0.15, 0.2) is 48.0 Å². The maximum absolute atomic E-state index is 11.4. The normalized spacial score (nSPS) is 16.4. The molecule has 2 aliphatic rings. The van der Waals surface area contributed by atoms with Crippen molar-refractivity contribution in [2.45, 2.75) is 25.7 Å². The predicted molar refractivity (Wildman–Crippen MR) is 65.1 cm³/mol. The van der Waals surface area contributed by atoms with Gasteiger partial charge in [-0.2, -0.15) is 0 Å². The van der Waals surface area contributed by atoms with E-state index in [0.29, 0.717) is 24.4 Å². The van der Waals surface area contributed by atoms with E-state index >= 15 is 0 Å². The first-order chi connectivity index (χ1) is 8.74. The zero-order valence-corrected chi connectivity index (χ0v) is 9.93. The van der Waals surface area contributed by atoms with Gasteiger partial charge < -0.3 is 9.47 Å². The molecule has 0 fully saturated rings. The van der Waals surface area contributed by atoms with Gasteiger partial charge in [0, 0.05) is 12.8 Å². The van der Waals surface area contributed by atoms with Gasteiger partial charge in [-0.05, 0) is 12.2 Å². The highest BCUT2D eigenvalue weighted by molar-refractivity contribution is 5.78. The Kier molecular flexibility index (Phi) is 4.12. The van der Waals surface area contributed by atoms with Crippen molar-refractivity contribution in [2.24, 2.45) is 0 Å². The van der Waals surface area contributed by atoms with Crippen LogP contribution in [0.25, 0.3) is 0 Å². The summed E-state index contributed by atoms with van der Waals surface area (Å²) in [7, 11) is 0. The lowest BCUT2D eigenvalue weighted by Gasteiger charge is -2.05. The van der Waals surface area contributed by atoms with Crippen LogP contribution >= 0.6 is 0 Å². The summed E-state index contributed by atoms with van der Waals surface area (Å²) in [5.41, 5.74) is 0. The lowest BCUT2D eigenvalue weighted by molar-refractivity contribution is -0.146. The zero-order chi connectivity index (χ0) is 12.8. The highest BCUT2D eigenvalue weighted by Crippen LogP contribution is 2.15. The number of hydrogen-bond acceptors (Lipinski definition) is 4. The van der Waals surface area contributed by atoms with E-state index < -0.39 is 11.9 Å². The Labute approximate surface area is 105 Å². The number of ether oxygens (including phenoxy) is 2. The average Bonchev–Trinajstić information content (AvgIpc) is 2.99. The van der Waals surface area contributed by atoms with Gasteiger partial charge >= 0.3 is 11.9 Å². The second-order valence-corrected chi connectivity index (χ2v) is 3.98. The molecule has 4 heteroatoms. The fourth-order valence-electron chi connectivity index (χ4n) is 1.61. The molecule has 94 valence electrons. The third kappa shape index (κ3) is 3.73. The molecule has 0 atom stereocenters. The molecule has 0 N–H and O–H groups in total. The molecule has 0 heterocycles. The quantitative estimate of drug-likeness (QED) is 0.699. The molecule has 2 aliphatic carbocycles. The number of rotatable bonds is 5. The van der Waals surface area contributed by atoms with Crippen LogP contribution in [-0.2, 0) is 19.1 Å². The van der Waals surface area contributed by atoms with Crippen LogP contribution in [0.3, 0.4) is 0 Å². The van der Waals surface area contributed by atoms with Gasteiger partial charge in [0.1, 0.15) is 11.5 Å². The Hall–Kier alpha value is -2.10. The van der Waals surface area contributed by atoms with E-state index in [1.54, 1.807) is 12.2 Å². The summed E-state index contributed by atoms with van der Waals surface area (Å²) < 4.78 is 10.1. The van der Waals surface area contributed by atoms with Crippen molar-refractivity contribution in [3.8, 4) is 0 Å². The summed E-state index contributed by atoms with van der Waals surface area (Å²) in [5.74, 6) is 0.438. The van der Waals surface area contributed by atoms with E-state index in [9.17, 15) is 9.59 Å². The molecule has 0 amide bonds. The SMILES string of the molecule is O=C(CCC(=O)OC1=CC=CC1)OC1=CC=CC1. The van der Waals surface area contributed by atoms with Gasteiger partial charge in [-0.1, -0.05) is 24.3 Å². The number of allylic oxidation sites excluding steroid dienone is 6. The molecule has 0 aromatic rings. The van der Waals surface area contributed by atoms with Crippen molar-refractivity contribution in [3.63, 3.8) is 0 Å². The molecule has 0 bridgehead atoms. The van der Waals surface area contributed by atoms with Gasteiger partial charge in [0.2, 0.25) is 0 Å². The molecule has 0 aromatic heterocycles. The molecule has 0 saturated heterocycles. The molecule has 4 nitrogen and oxygen atoms in total. The smallest absolute Gasteiger partial charge is 0.311 e. The Morgan fingerprint density at radius 3 is 1.67 bits per heavy atom. The van der Waals surface area contributed by atoms with Crippen molar-refractivity contribution in [2.75, 3.05) is 0 Å². The van der Waals surface area contributed by atoms with Crippen LogP contribution in [-0.4, -0.2) is 11.9 Å². The molecule has 2 rings (SSSR count). The van der Waals surface area contributed by atoms with Gasteiger partial charge in [0.25, 0.3) is 0 Å². The Morgan fingerprint density at radius 1 is 0.889 bits per heavy atom. The van der Waals surface area contributed by atoms with Gasteiger partial charge in [-0.3, -0.25) is 9.59 Å². The van der Waals surface area contributed by atoms with Crippen molar-refractivity contribution in [3.05, 3.63) is 48.0 Å². The van der Waals surface area contributed by atoms with E-state index in [1.807, 2.05) is 24.3 Å². The van der Waals surface area contributed by atoms with Crippen LogP contribution in [0.5, 0.6) is 0 Å². The molecular formula is C14H14O4. The molecule has 0 aliphatic heterocycles. The molecule has 0 unspecified atom stereocenters. The minimum atomic E-state index is -0.402. The Balaban J connectivity index is 1.64. The molecule has 0 aromatic carbocycles. The summed E-state index contributed by atoms with van der Waals surface area (Å²) >= 11 is 0. The monoisotopic (exact) mass is 246 g/mol. The van der Waals surface area contributed by atoms with E-state index in [4.69, 9.17) is 9.47 Å². The minimum absolute atomic E-state index is 0.0386. The number of esters is 2. The van der Waals surface area contributed by atoms with Crippen molar-refractivity contribution < 1.29 is 19.1 Å². The molecular weight excluding hydrogens is 232 g/mol. The van der Waals surface area contributed by atoms with Crippen LogP contribution < -0.4 is 0 Å². The second-order valence-electron chi connectivity index (χ2n) is 3.98. The third-order valence-electron chi connectivity index (χ3n) is 2.50. The highest BCUT2D eigenvalue weighted by atomic mass is 16.5. The van der Waals surface area contributed by atoms with Crippen molar-refractivity contribution in [1.82, 2.24) is 0 Å². The van der Waals surface area contributed by atoms with Crippen LogP contribution in [0.4, 0.5) is 0 Å². The van der Waals surface area contributed by atoms with E-state index in [-0.39, 0.29) is 12.8 Å². The summed E-state index contributed by atoms with van der Waals surface area (Å²) in [5, 5.41) is 0. The molecule has 0 spiro atoms. The van der Waals surface area contributed by atoms with E-state index in [0.717, 1.165) is 0 Å². The van der Waals surface area contributed by atoms with Crippen LogP contribution in [0.2, 0.25) is 0 Å². The van der Waals surface area contributed by atoms with Gasteiger partial charge in [-0.25, -0.2) is 0 Å². The van der Waals surface area contributed by atoms with Crippen LogP contribution in [0, 0.1) is 0 Å². The largest absolute Gasteiger partial charge is 0.431 e. The first-order valence-electron chi connectivity index (χ1n) is 5.87. The summed E-state index contributed by atoms with van der Waals surface area (Å²) in [4.78, 5) is 22.8. The Bertz CT molecular complexity index is 422. The molecule has 18 heavy (non-hydrogen) atoms. The molecule has 0 saturated carbocycles. The Morgan fingerprint density at radius 2 is 1.33 bits per heavy atom. The fourth-order valence-corrected chi connectivity index (χ4v) is 1.61. The highest BCUT2D eigenvalue weighted by Gasteiger charge is 2.13. The van der Waals surface area contributed by atoms with Crippen molar-refractivity contribution >= 4 is 11.9 Å². The maximum atomic E-state index is 11.4.